The van der Waals surface area contributed by atoms with Gasteiger partial charge < -0.3 is 4.74 Å². The van der Waals surface area contributed by atoms with E-state index in [0.29, 0.717) is 12.3 Å². The van der Waals surface area contributed by atoms with E-state index < -0.39 is 6.36 Å². The third-order valence-corrected chi connectivity index (χ3v) is 3.47. The number of alkyl halides is 4. The van der Waals surface area contributed by atoms with Gasteiger partial charge in [0.1, 0.15) is 5.75 Å². The van der Waals surface area contributed by atoms with E-state index in [9.17, 15) is 13.2 Å². The Morgan fingerprint density at radius 1 is 0.952 bits per heavy atom. The molecule has 0 aromatic heterocycles. The Balaban J connectivity index is 2.05. The van der Waals surface area contributed by atoms with Crippen LogP contribution in [0.4, 0.5) is 13.2 Å². The Morgan fingerprint density at radius 3 is 2.10 bits per heavy atom. The van der Waals surface area contributed by atoms with Crippen molar-refractivity contribution < 1.29 is 17.9 Å². The van der Waals surface area contributed by atoms with Gasteiger partial charge in [-0.05, 0) is 29.7 Å². The second-order valence-electron chi connectivity index (χ2n) is 4.66. The van der Waals surface area contributed by atoms with Crippen molar-refractivity contribution in [3.8, 4) is 5.75 Å². The highest BCUT2D eigenvalue weighted by Crippen LogP contribution is 2.26. The lowest BCUT2D eigenvalue weighted by molar-refractivity contribution is -0.274. The van der Waals surface area contributed by atoms with Crippen molar-refractivity contribution in [1.29, 1.82) is 0 Å². The molecular weight excluding hydrogens is 301 g/mol. The van der Waals surface area contributed by atoms with Crippen LogP contribution in [0.2, 0.25) is 0 Å². The molecule has 2 aromatic carbocycles. The van der Waals surface area contributed by atoms with Crippen molar-refractivity contribution in [3.63, 3.8) is 0 Å². The van der Waals surface area contributed by atoms with Crippen LogP contribution in [0.3, 0.4) is 0 Å². The Morgan fingerprint density at radius 2 is 1.57 bits per heavy atom. The zero-order valence-corrected chi connectivity index (χ0v) is 11.9. The average molecular weight is 315 g/mol. The summed E-state index contributed by atoms with van der Waals surface area (Å²) in [5, 5.41) is 0. The molecule has 0 fully saturated rings. The Kier molecular flexibility index (Phi) is 5.12. The normalized spacial score (nSPS) is 13.0. The standard InChI is InChI=1S/C16H14ClF3O/c17-11-14(13-4-2-1-3-5-13)10-12-6-8-15(9-7-12)21-16(18,19)20/h1-9,14H,10-11H2. The molecule has 0 bridgehead atoms. The SMILES string of the molecule is FC(F)(F)Oc1ccc(CC(CCl)c2ccccc2)cc1. The topological polar surface area (TPSA) is 9.23 Å². The molecule has 0 saturated carbocycles. The number of hydrogen-bond donors (Lipinski definition) is 0. The van der Waals surface area contributed by atoms with Gasteiger partial charge in [0.2, 0.25) is 0 Å². The first-order valence-electron chi connectivity index (χ1n) is 6.43. The van der Waals surface area contributed by atoms with Crippen LogP contribution in [-0.2, 0) is 6.42 Å². The van der Waals surface area contributed by atoms with Gasteiger partial charge >= 0.3 is 6.36 Å². The van der Waals surface area contributed by atoms with E-state index in [0.717, 1.165) is 11.1 Å². The lowest BCUT2D eigenvalue weighted by Crippen LogP contribution is -2.17. The predicted octanol–water partition coefficient (Wildman–Crippen LogP) is 5.15. The summed E-state index contributed by atoms with van der Waals surface area (Å²) in [6.45, 7) is 0. The Hall–Kier alpha value is -1.68. The number of rotatable bonds is 5. The van der Waals surface area contributed by atoms with Gasteiger partial charge in [0.05, 0.1) is 0 Å². The molecule has 0 aliphatic heterocycles. The molecule has 0 N–H and O–H groups in total. The molecule has 112 valence electrons. The van der Waals surface area contributed by atoms with Crippen molar-refractivity contribution >= 4 is 11.6 Å². The molecule has 0 heterocycles. The number of benzene rings is 2. The van der Waals surface area contributed by atoms with Gasteiger partial charge in [0.15, 0.2) is 0 Å². The van der Waals surface area contributed by atoms with E-state index in [2.05, 4.69) is 4.74 Å². The van der Waals surface area contributed by atoms with Crippen molar-refractivity contribution in [1.82, 2.24) is 0 Å². The van der Waals surface area contributed by atoms with Crippen LogP contribution >= 0.6 is 11.6 Å². The zero-order chi connectivity index (χ0) is 15.3. The quantitative estimate of drug-likeness (QED) is 0.693. The highest BCUT2D eigenvalue weighted by Gasteiger charge is 2.30. The molecule has 1 nitrogen and oxygen atoms in total. The van der Waals surface area contributed by atoms with E-state index in [4.69, 9.17) is 11.6 Å². The highest BCUT2D eigenvalue weighted by molar-refractivity contribution is 6.18. The van der Waals surface area contributed by atoms with E-state index in [1.165, 1.54) is 12.1 Å². The minimum atomic E-state index is -4.66. The molecule has 1 unspecified atom stereocenters. The Bertz CT molecular complexity index is 552. The lowest BCUT2D eigenvalue weighted by atomic mass is 9.93. The Labute approximate surface area is 126 Å². The second-order valence-corrected chi connectivity index (χ2v) is 4.97. The first kappa shape index (κ1) is 15.7. The van der Waals surface area contributed by atoms with Crippen molar-refractivity contribution in [3.05, 3.63) is 65.7 Å². The smallest absolute Gasteiger partial charge is 0.406 e. The van der Waals surface area contributed by atoms with Gasteiger partial charge in [-0.1, -0.05) is 42.5 Å². The largest absolute Gasteiger partial charge is 0.573 e. The fraction of sp³-hybridized carbons (Fsp3) is 0.250. The van der Waals surface area contributed by atoms with E-state index in [1.807, 2.05) is 30.3 Å². The lowest BCUT2D eigenvalue weighted by Gasteiger charge is -2.15. The summed E-state index contributed by atoms with van der Waals surface area (Å²) < 4.78 is 40.1. The van der Waals surface area contributed by atoms with Crippen LogP contribution < -0.4 is 4.74 Å². The number of ether oxygens (including phenoxy) is 1. The van der Waals surface area contributed by atoms with E-state index in [-0.39, 0.29) is 11.7 Å². The van der Waals surface area contributed by atoms with Gasteiger partial charge in [-0.15, -0.1) is 24.8 Å². The van der Waals surface area contributed by atoms with Crippen LogP contribution in [0.25, 0.3) is 0 Å². The van der Waals surface area contributed by atoms with E-state index >= 15 is 0 Å². The fourth-order valence-electron chi connectivity index (χ4n) is 2.10. The van der Waals surface area contributed by atoms with Crippen LogP contribution in [0.15, 0.2) is 54.6 Å². The molecule has 0 amide bonds. The molecular formula is C16H14ClF3O. The monoisotopic (exact) mass is 314 g/mol. The minimum absolute atomic E-state index is 0.127. The molecule has 0 aliphatic rings. The third-order valence-electron chi connectivity index (χ3n) is 3.10. The molecule has 1 atom stereocenters. The first-order valence-corrected chi connectivity index (χ1v) is 6.97. The van der Waals surface area contributed by atoms with Crippen LogP contribution in [0.5, 0.6) is 5.75 Å². The summed E-state index contributed by atoms with van der Waals surface area (Å²) in [5.74, 6) is 0.362. The van der Waals surface area contributed by atoms with Gasteiger partial charge in [0.25, 0.3) is 0 Å². The molecule has 5 heteroatoms. The molecule has 2 rings (SSSR count). The molecule has 0 radical (unpaired) electrons. The molecule has 0 spiro atoms. The molecule has 2 aromatic rings. The summed E-state index contributed by atoms with van der Waals surface area (Å²) in [6.07, 6.45) is -4.00. The molecule has 21 heavy (non-hydrogen) atoms. The first-order chi connectivity index (χ1) is 9.98. The zero-order valence-electron chi connectivity index (χ0n) is 11.1. The van der Waals surface area contributed by atoms with Crippen molar-refractivity contribution in [2.45, 2.75) is 18.7 Å². The average Bonchev–Trinajstić information content (AvgIpc) is 2.46. The fourth-order valence-corrected chi connectivity index (χ4v) is 2.39. The third kappa shape index (κ3) is 4.97. The maximum absolute atomic E-state index is 12.1. The summed E-state index contributed by atoms with van der Waals surface area (Å²) >= 11 is 6.00. The van der Waals surface area contributed by atoms with Crippen molar-refractivity contribution in [2.75, 3.05) is 5.88 Å². The number of halogens is 4. The molecule has 0 aliphatic carbocycles. The van der Waals surface area contributed by atoms with Gasteiger partial charge in [-0.25, -0.2) is 0 Å². The minimum Gasteiger partial charge on any atom is -0.406 e. The van der Waals surface area contributed by atoms with Crippen LogP contribution in [-0.4, -0.2) is 12.2 Å². The van der Waals surface area contributed by atoms with Crippen LogP contribution in [0, 0.1) is 0 Å². The van der Waals surface area contributed by atoms with Gasteiger partial charge in [-0.3, -0.25) is 0 Å². The summed E-state index contributed by atoms with van der Waals surface area (Å²) in [5.41, 5.74) is 2.03. The van der Waals surface area contributed by atoms with Gasteiger partial charge in [0, 0.05) is 11.8 Å². The number of hydrogen-bond acceptors (Lipinski definition) is 1. The summed E-state index contributed by atoms with van der Waals surface area (Å²) in [7, 11) is 0. The molecule has 0 saturated heterocycles. The van der Waals surface area contributed by atoms with E-state index in [1.54, 1.807) is 12.1 Å². The van der Waals surface area contributed by atoms with Crippen molar-refractivity contribution in [2.24, 2.45) is 0 Å². The highest BCUT2D eigenvalue weighted by atomic mass is 35.5. The second kappa shape index (κ2) is 6.85. The maximum Gasteiger partial charge on any atom is 0.573 e. The summed E-state index contributed by atoms with van der Waals surface area (Å²) in [4.78, 5) is 0. The maximum atomic E-state index is 12.1. The van der Waals surface area contributed by atoms with Crippen LogP contribution in [0.1, 0.15) is 17.0 Å². The van der Waals surface area contributed by atoms with Gasteiger partial charge in [-0.2, -0.15) is 0 Å². The summed E-state index contributed by atoms with van der Waals surface area (Å²) in [6, 6.07) is 15.7. The predicted molar refractivity (Wildman–Crippen MR) is 76.7 cm³/mol.